The van der Waals surface area contributed by atoms with E-state index in [1.165, 1.54) is 0 Å². The predicted molar refractivity (Wildman–Crippen MR) is 78.2 cm³/mol. The highest BCUT2D eigenvalue weighted by Crippen LogP contribution is 2.31. The van der Waals surface area contributed by atoms with Gasteiger partial charge in [0.15, 0.2) is 0 Å². The number of likely N-dealkylation sites (tertiary alicyclic amines) is 1. The Hall–Kier alpha value is -2.24. The van der Waals surface area contributed by atoms with Crippen molar-refractivity contribution in [2.24, 2.45) is 11.7 Å². The van der Waals surface area contributed by atoms with Gasteiger partial charge in [-0.1, -0.05) is 6.07 Å². The Labute approximate surface area is 123 Å². The zero-order valence-corrected chi connectivity index (χ0v) is 11.8. The van der Waals surface area contributed by atoms with Crippen LogP contribution in [0.3, 0.4) is 0 Å². The SMILES string of the molecule is NC(=O)C1CCCN(C(=O)Nc2cccc3c2CCO3)C1. The molecule has 2 aliphatic heterocycles. The zero-order chi connectivity index (χ0) is 14.8. The van der Waals surface area contributed by atoms with Crippen LogP contribution in [0.1, 0.15) is 18.4 Å². The number of hydrogen-bond acceptors (Lipinski definition) is 3. The zero-order valence-electron chi connectivity index (χ0n) is 11.8. The van der Waals surface area contributed by atoms with E-state index < -0.39 is 0 Å². The molecule has 1 aromatic carbocycles. The van der Waals surface area contributed by atoms with Gasteiger partial charge in [-0.05, 0) is 25.0 Å². The van der Waals surface area contributed by atoms with Crippen LogP contribution in [0.5, 0.6) is 5.75 Å². The molecule has 6 heteroatoms. The maximum absolute atomic E-state index is 12.4. The molecular formula is C15H19N3O3. The average molecular weight is 289 g/mol. The molecule has 0 aromatic heterocycles. The largest absolute Gasteiger partial charge is 0.493 e. The van der Waals surface area contributed by atoms with E-state index in [1.54, 1.807) is 4.90 Å². The molecule has 0 aliphatic carbocycles. The third-order valence-corrected chi connectivity index (χ3v) is 4.10. The van der Waals surface area contributed by atoms with Crippen LogP contribution in [-0.2, 0) is 11.2 Å². The van der Waals surface area contributed by atoms with Gasteiger partial charge in [-0.25, -0.2) is 4.79 Å². The Kier molecular flexibility index (Phi) is 3.68. The third-order valence-electron chi connectivity index (χ3n) is 4.10. The number of anilines is 1. The molecule has 1 saturated heterocycles. The van der Waals surface area contributed by atoms with Crippen molar-refractivity contribution in [2.45, 2.75) is 19.3 Å². The first-order valence-electron chi connectivity index (χ1n) is 7.25. The molecule has 6 nitrogen and oxygen atoms in total. The fourth-order valence-electron chi connectivity index (χ4n) is 2.93. The number of benzene rings is 1. The monoisotopic (exact) mass is 289 g/mol. The summed E-state index contributed by atoms with van der Waals surface area (Å²) in [5.74, 6) is 0.261. The number of carbonyl (C=O) groups is 2. The van der Waals surface area contributed by atoms with Crippen LogP contribution in [0.2, 0.25) is 0 Å². The van der Waals surface area contributed by atoms with Crippen LogP contribution in [0.25, 0.3) is 0 Å². The first-order valence-corrected chi connectivity index (χ1v) is 7.25. The number of urea groups is 1. The lowest BCUT2D eigenvalue weighted by Crippen LogP contribution is -2.45. The molecule has 2 aliphatic rings. The Morgan fingerprint density at radius 1 is 1.38 bits per heavy atom. The maximum Gasteiger partial charge on any atom is 0.321 e. The molecular weight excluding hydrogens is 270 g/mol. The Morgan fingerprint density at radius 3 is 3.05 bits per heavy atom. The number of ether oxygens (including phenoxy) is 1. The van der Waals surface area contributed by atoms with E-state index in [9.17, 15) is 9.59 Å². The first kappa shape index (κ1) is 13.7. The number of rotatable bonds is 2. The highest BCUT2D eigenvalue weighted by atomic mass is 16.5. The summed E-state index contributed by atoms with van der Waals surface area (Å²) in [6.45, 7) is 1.70. The average Bonchev–Trinajstić information content (AvgIpc) is 2.97. The Bertz CT molecular complexity index is 573. The number of nitrogens with two attached hydrogens (primary N) is 1. The van der Waals surface area contributed by atoms with Gasteiger partial charge in [0.2, 0.25) is 5.91 Å². The number of amides is 3. The second-order valence-electron chi connectivity index (χ2n) is 5.50. The molecule has 0 radical (unpaired) electrons. The van der Waals surface area contributed by atoms with Crippen molar-refractivity contribution >= 4 is 17.6 Å². The molecule has 0 bridgehead atoms. The van der Waals surface area contributed by atoms with Crippen molar-refractivity contribution in [3.05, 3.63) is 23.8 Å². The maximum atomic E-state index is 12.4. The molecule has 112 valence electrons. The van der Waals surface area contributed by atoms with Crippen LogP contribution in [0.4, 0.5) is 10.5 Å². The predicted octanol–water partition coefficient (Wildman–Crippen LogP) is 1.35. The van der Waals surface area contributed by atoms with E-state index in [4.69, 9.17) is 10.5 Å². The third kappa shape index (κ3) is 2.79. The van der Waals surface area contributed by atoms with Crippen molar-refractivity contribution < 1.29 is 14.3 Å². The molecule has 1 atom stereocenters. The van der Waals surface area contributed by atoms with Gasteiger partial charge in [0, 0.05) is 30.8 Å². The van der Waals surface area contributed by atoms with Gasteiger partial charge in [-0.3, -0.25) is 4.79 Å². The number of piperidine rings is 1. The quantitative estimate of drug-likeness (QED) is 0.862. The normalized spacial score (nSPS) is 20.6. The fraction of sp³-hybridized carbons (Fsp3) is 0.467. The number of hydrogen-bond donors (Lipinski definition) is 2. The second-order valence-corrected chi connectivity index (χ2v) is 5.50. The smallest absolute Gasteiger partial charge is 0.321 e. The highest BCUT2D eigenvalue weighted by molar-refractivity contribution is 5.91. The van der Waals surface area contributed by atoms with Gasteiger partial charge in [0.05, 0.1) is 12.5 Å². The van der Waals surface area contributed by atoms with Gasteiger partial charge in [0.25, 0.3) is 0 Å². The number of fused-ring (bicyclic) bond motifs is 1. The summed E-state index contributed by atoms with van der Waals surface area (Å²) < 4.78 is 5.49. The summed E-state index contributed by atoms with van der Waals surface area (Å²) >= 11 is 0. The molecule has 3 amide bonds. The summed E-state index contributed by atoms with van der Waals surface area (Å²) in [4.78, 5) is 25.3. The van der Waals surface area contributed by atoms with E-state index in [0.29, 0.717) is 19.7 Å². The highest BCUT2D eigenvalue weighted by Gasteiger charge is 2.27. The molecule has 21 heavy (non-hydrogen) atoms. The number of carbonyl (C=O) groups excluding carboxylic acids is 2. The van der Waals surface area contributed by atoms with Crippen LogP contribution in [0, 0.1) is 5.92 Å². The summed E-state index contributed by atoms with van der Waals surface area (Å²) in [5, 5.41) is 2.93. The topological polar surface area (TPSA) is 84.7 Å². The summed E-state index contributed by atoms with van der Waals surface area (Å²) in [6, 6.07) is 5.46. The molecule has 2 heterocycles. The van der Waals surface area contributed by atoms with Crippen LogP contribution >= 0.6 is 0 Å². The molecule has 0 spiro atoms. The second kappa shape index (κ2) is 5.63. The molecule has 1 fully saturated rings. The fourth-order valence-corrected chi connectivity index (χ4v) is 2.93. The van der Waals surface area contributed by atoms with E-state index in [1.807, 2.05) is 18.2 Å². The summed E-state index contributed by atoms with van der Waals surface area (Å²) in [7, 11) is 0. The molecule has 1 aromatic rings. The lowest BCUT2D eigenvalue weighted by atomic mass is 9.98. The first-order chi connectivity index (χ1) is 10.1. The Morgan fingerprint density at radius 2 is 2.24 bits per heavy atom. The van der Waals surface area contributed by atoms with Gasteiger partial charge < -0.3 is 20.7 Å². The van der Waals surface area contributed by atoms with E-state index in [0.717, 1.165) is 36.3 Å². The van der Waals surface area contributed by atoms with E-state index in [-0.39, 0.29) is 17.9 Å². The summed E-state index contributed by atoms with van der Waals surface area (Å²) in [6.07, 6.45) is 2.36. The molecule has 1 unspecified atom stereocenters. The van der Waals surface area contributed by atoms with Crippen LogP contribution < -0.4 is 15.8 Å². The number of nitrogens with one attached hydrogen (secondary N) is 1. The summed E-state index contributed by atoms with van der Waals surface area (Å²) in [5.41, 5.74) is 7.17. The van der Waals surface area contributed by atoms with Crippen molar-refractivity contribution in [3.63, 3.8) is 0 Å². The standard InChI is InChI=1S/C15H19N3O3/c16-14(19)10-3-2-7-18(9-10)15(20)17-12-4-1-5-13-11(12)6-8-21-13/h1,4-5,10H,2-3,6-9H2,(H2,16,19)(H,17,20). The Balaban J connectivity index is 1.69. The number of nitrogens with zero attached hydrogens (tertiary/aromatic N) is 1. The molecule has 3 N–H and O–H groups in total. The van der Waals surface area contributed by atoms with Crippen LogP contribution in [-0.4, -0.2) is 36.5 Å². The van der Waals surface area contributed by atoms with Gasteiger partial charge in [0.1, 0.15) is 5.75 Å². The van der Waals surface area contributed by atoms with Gasteiger partial charge >= 0.3 is 6.03 Å². The molecule has 3 rings (SSSR count). The lowest BCUT2D eigenvalue weighted by molar-refractivity contribution is -0.123. The van der Waals surface area contributed by atoms with E-state index >= 15 is 0 Å². The van der Waals surface area contributed by atoms with Crippen molar-refractivity contribution in [1.29, 1.82) is 0 Å². The van der Waals surface area contributed by atoms with Gasteiger partial charge in [-0.15, -0.1) is 0 Å². The van der Waals surface area contributed by atoms with Crippen molar-refractivity contribution in [2.75, 3.05) is 25.0 Å². The minimum absolute atomic E-state index is 0.179. The minimum Gasteiger partial charge on any atom is -0.493 e. The van der Waals surface area contributed by atoms with Gasteiger partial charge in [-0.2, -0.15) is 0 Å². The van der Waals surface area contributed by atoms with Crippen LogP contribution in [0.15, 0.2) is 18.2 Å². The van der Waals surface area contributed by atoms with Crippen molar-refractivity contribution in [3.8, 4) is 5.75 Å². The minimum atomic E-state index is -0.332. The lowest BCUT2D eigenvalue weighted by Gasteiger charge is -2.31. The number of primary amides is 1. The molecule has 0 saturated carbocycles. The van der Waals surface area contributed by atoms with Crippen molar-refractivity contribution in [1.82, 2.24) is 4.90 Å². The van der Waals surface area contributed by atoms with E-state index in [2.05, 4.69) is 5.32 Å².